The van der Waals surface area contributed by atoms with Crippen molar-refractivity contribution in [2.24, 2.45) is 0 Å². The van der Waals surface area contributed by atoms with Crippen LogP contribution in [-0.4, -0.2) is 20.6 Å². The van der Waals surface area contributed by atoms with E-state index in [2.05, 4.69) is 0 Å². The molecule has 0 aliphatic carbocycles. The van der Waals surface area contributed by atoms with E-state index in [0.29, 0.717) is 33.4 Å². The molecule has 1 aromatic carbocycles. The van der Waals surface area contributed by atoms with Crippen LogP contribution in [0, 0.1) is 0 Å². The number of fused-ring (bicyclic) bond motifs is 5. The maximum Gasteiger partial charge on any atom is 0.306 e. The summed E-state index contributed by atoms with van der Waals surface area (Å²) in [5, 5.41) is 11.4. The second-order valence-corrected chi connectivity index (χ2v) is 7.13. The lowest BCUT2D eigenvalue weighted by molar-refractivity contribution is -0.144. The van der Waals surface area contributed by atoms with Crippen molar-refractivity contribution in [2.45, 2.75) is 38.8 Å². The summed E-state index contributed by atoms with van der Waals surface area (Å²) in [4.78, 5) is 29.8. The minimum Gasteiger partial charge on any atom is -0.507 e. The Morgan fingerprint density at radius 3 is 2.89 bits per heavy atom. The van der Waals surface area contributed by atoms with Crippen molar-refractivity contribution in [1.29, 1.82) is 0 Å². The maximum absolute atomic E-state index is 13.2. The molecule has 0 fully saturated rings. The van der Waals surface area contributed by atoms with Crippen molar-refractivity contribution in [3.05, 3.63) is 57.4 Å². The molecular weight excluding hydrogens is 344 g/mol. The molecular formula is C21H18N2O4. The van der Waals surface area contributed by atoms with E-state index in [1.54, 1.807) is 4.57 Å². The summed E-state index contributed by atoms with van der Waals surface area (Å²) in [7, 11) is 0. The summed E-state index contributed by atoms with van der Waals surface area (Å²) in [6, 6.07) is 9.36. The third kappa shape index (κ3) is 2.22. The average molecular weight is 362 g/mol. The van der Waals surface area contributed by atoms with E-state index in [1.807, 2.05) is 37.3 Å². The molecule has 6 heteroatoms. The molecule has 0 radical (unpaired) electrons. The van der Waals surface area contributed by atoms with Gasteiger partial charge >= 0.3 is 5.97 Å². The number of pyridine rings is 2. The Kier molecular flexibility index (Phi) is 3.37. The van der Waals surface area contributed by atoms with Crippen molar-refractivity contribution in [2.75, 3.05) is 0 Å². The first-order valence-corrected chi connectivity index (χ1v) is 9.11. The molecule has 4 heterocycles. The van der Waals surface area contributed by atoms with Gasteiger partial charge in [0.2, 0.25) is 0 Å². The molecule has 2 aromatic heterocycles. The number of benzene rings is 1. The fraction of sp³-hybridized carbons (Fsp3) is 0.286. The maximum atomic E-state index is 13.2. The van der Waals surface area contributed by atoms with Crippen molar-refractivity contribution >= 4 is 16.9 Å². The highest BCUT2D eigenvalue weighted by Crippen LogP contribution is 2.41. The van der Waals surface area contributed by atoms with Crippen molar-refractivity contribution < 1.29 is 14.6 Å². The molecule has 0 spiro atoms. The van der Waals surface area contributed by atoms with Gasteiger partial charge in [0.25, 0.3) is 5.56 Å². The van der Waals surface area contributed by atoms with Crippen LogP contribution in [0.4, 0.5) is 0 Å². The molecule has 0 saturated heterocycles. The molecule has 0 unspecified atom stereocenters. The highest BCUT2D eigenvalue weighted by atomic mass is 16.5. The predicted octanol–water partition coefficient (Wildman–Crippen LogP) is 3.07. The number of hydrogen-bond acceptors (Lipinski definition) is 5. The predicted molar refractivity (Wildman–Crippen MR) is 99.7 cm³/mol. The van der Waals surface area contributed by atoms with Gasteiger partial charge in [-0.2, -0.15) is 0 Å². The van der Waals surface area contributed by atoms with Gasteiger partial charge in [0, 0.05) is 10.9 Å². The Balaban J connectivity index is 1.79. The van der Waals surface area contributed by atoms with Gasteiger partial charge in [-0.15, -0.1) is 0 Å². The SMILES string of the molecule is CC[C@H]1CC(=O)OCc2c1cc1n(c2=O)Cc2c-1nc1ccccc1c2O. The minimum atomic E-state index is -0.273. The van der Waals surface area contributed by atoms with Gasteiger partial charge in [-0.1, -0.05) is 19.1 Å². The quantitative estimate of drug-likeness (QED) is 0.526. The summed E-state index contributed by atoms with van der Waals surface area (Å²) < 4.78 is 6.87. The average Bonchev–Trinajstić information content (AvgIpc) is 2.95. The van der Waals surface area contributed by atoms with Crippen LogP contribution in [0.1, 0.15) is 42.4 Å². The van der Waals surface area contributed by atoms with Crippen LogP contribution in [0.5, 0.6) is 5.75 Å². The molecule has 3 aromatic rings. The molecule has 2 aliphatic heterocycles. The highest BCUT2D eigenvalue weighted by molar-refractivity contribution is 5.90. The Labute approximate surface area is 155 Å². The van der Waals surface area contributed by atoms with Gasteiger partial charge in [0.05, 0.1) is 35.4 Å². The molecule has 6 nitrogen and oxygen atoms in total. The number of cyclic esters (lactones) is 1. The van der Waals surface area contributed by atoms with Gasteiger partial charge in [0.1, 0.15) is 12.4 Å². The molecule has 0 amide bonds. The van der Waals surface area contributed by atoms with Gasteiger partial charge in [0.15, 0.2) is 0 Å². The Bertz CT molecular complexity index is 1180. The second kappa shape index (κ2) is 5.67. The van der Waals surface area contributed by atoms with E-state index in [0.717, 1.165) is 12.0 Å². The zero-order valence-corrected chi connectivity index (χ0v) is 14.9. The lowest BCUT2D eigenvalue weighted by Gasteiger charge is -2.15. The zero-order valence-electron chi connectivity index (χ0n) is 14.9. The second-order valence-electron chi connectivity index (χ2n) is 7.13. The van der Waals surface area contributed by atoms with E-state index in [9.17, 15) is 14.7 Å². The summed E-state index contributed by atoms with van der Waals surface area (Å²) in [5.74, 6) is -0.149. The minimum absolute atomic E-state index is 0.00150. The number of para-hydroxylation sites is 1. The molecule has 136 valence electrons. The smallest absolute Gasteiger partial charge is 0.306 e. The van der Waals surface area contributed by atoms with E-state index in [-0.39, 0.29) is 42.8 Å². The molecule has 2 aliphatic rings. The third-order valence-corrected chi connectivity index (χ3v) is 5.68. The number of carbonyl (C=O) groups excluding carboxylic acids is 1. The van der Waals surface area contributed by atoms with Crippen molar-refractivity contribution in [1.82, 2.24) is 9.55 Å². The van der Waals surface area contributed by atoms with Gasteiger partial charge < -0.3 is 14.4 Å². The Hall–Kier alpha value is -3.15. The monoisotopic (exact) mass is 362 g/mol. The lowest BCUT2D eigenvalue weighted by atomic mass is 9.90. The molecule has 1 N–H and O–H groups in total. The van der Waals surface area contributed by atoms with Crippen LogP contribution in [0.2, 0.25) is 0 Å². The zero-order chi connectivity index (χ0) is 18.7. The molecule has 27 heavy (non-hydrogen) atoms. The third-order valence-electron chi connectivity index (χ3n) is 5.68. The van der Waals surface area contributed by atoms with E-state index in [4.69, 9.17) is 9.72 Å². The summed E-state index contributed by atoms with van der Waals surface area (Å²) in [6.07, 6.45) is 1.02. The molecule has 0 saturated carbocycles. The van der Waals surface area contributed by atoms with Gasteiger partial charge in [-0.3, -0.25) is 9.59 Å². The van der Waals surface area contributed by atoms with Crippen LogP contribution in [-0.2, 0) is 22.7 Å². The number of carbonyl (C=O) groups is 1. The van der Waals surface area contributed by atoms with E-state index in [1.165, 1.54) is 0 Å². The molecule has 5 rings (SSSR count). The van der Waals surface area contributed by atoms with Gasteiger partial charge in [-0.25, -0.2) is 4.98 Å². The Morgan fingerprint density at radius 1 is 1.26 bits per heavy atom. The van der Waals surface area contributed by atoms with Crippen molar-refractivity contribution in [3.63, 3.8) is 0 Å². The van der Waals surface area contributed by atoms with Crippen LogP contribution < -0.4 is 5.56 Å². The topological polar surface area (TPSA) is 81.4 Å². The summed E-state index contributed by atoms with van der Waals surface area (Å²) in [5.41, 5.74) is 3.92. The number of aromatic nitrogens is 2. The normalized spacial score (nSPS) is 17.8. The van der Waals surface area contributed by atoms with E-state index >= 15 is 0 Å². The van der Waals surface area contributed by atoms with E-state index < -0.39 is 0 Å². The first-order valence-electron chi connectivity index (χ1n) is 9.11. The number of nitrogens with zero attached hydrogens (tertiary/aromatic N) is 2. The summed E-state index contributed by atoms with van der Waals surface area (Å²) in [6.45, 7) is 2.27. The molecule has 0 bridgehead atoms. The van der Waals surface area contributed by atoms with Gasteiger partial charge in [-0.05, 0) is 36.1 Å². The van der Waals surface area contributed by atoms with Crippen molar-refractivity contribution in [3.8, 4) is 17.1 Å². The lowest BCUT2D eigenvalue weighted by Crippen LogP contribution is -2.25. The number of ether oxygens (including phenoxy) is 1. The number of aromatic hydroxyl groups is 1. The van der Waals surface area contributed by atoms with Crippen LogP contribution in [0.25, 0.3) is 22.3 Å². The van der Waals surface area contributed by atoms with Crippen LogP contribution >= 0.6 is 0 Å². The first-order chi connectivity index (χ1) is 13.1. The van der Waals surface area contributed by atoms with Crippen LogP contribution in [0.3, 0.4) is 0 Å². The molecule has 1 atom stereocenters. The first kappa shape index (κ1) is 16.1. The largest absolute Gasteiger partial charge is 0.507 e. The number of esters is 1. The fourth-order valence-corrected chi connectivity index (χ4v) is 4.21. The Morgan fingerprint density at radius 2 is 2.07 bits per heavy atom. The van der Waals surface area contributed by atoms with Crippen LogP contribution in [0.15, 0.2) is 35.1 Å². The number of hydrogen-bond donors (Lipinski definition) is 1. The fourth-order valence-electron chi connectivity index (χ4n) is 4.21. The summed E-state index contributed by atoms with van der Waals surface area (Å²) >= 11 is 0. The standard InChI is InChI=1S/C21H18N2O4/c1-2-11-7-18(24)27-10-15-13(11)8-17-19-14(9-23(17)21(15)26)20(25)12-5-3-4-6-16(12)22-19/h3-6,8,11H,2,7,9-10H2,1H3,(H,22,25)/t11-/m0/s1. The highest BCUT2D eigenvalue weighted by Gasteiger charge is 2.32. The number of rotatable bonds is 1.